The topological polar surface area (TPSA) is 72.2 Å². The van der Waals surface area contributed by atoms with E-state index in [4.69, 9.17) is 4.42 Å². The van der Waals surface area contributed by atoms with Gasteiger partial charge in [0.15, 0.2) is 5.13 Å². The van der Waals surface area contributed by atoms with Crippen LogP contribution < -0.4 is 10.9 Å². The predicted molar refractivity (Wildman–Crippen MR) is 117 cm³/mol. The smallest absolute Gasteiger partial charge is 0.349 e. The Bertz CT molecular complexity index is 1500. The standard InChI is InChI=1S/C23H16N2O3S/c1-12-9-13(2)20-18(10-12)24-23(29-20)25-21(26)17-11-16-15-6-4-3-5-14(15)7-8-19(16)28-22(17)27/h3-11H,1-2H3,(H,24,25,26). The highest BCUT2D eigenvalue weighted by atomic mass is 32.1. The third kappa shape index (κ3) is 2.98. The zero-order valence-corrected chi connectivity index (χ0v) is 16.6. The van der Waals surface area contributed by atoms with Gasteiger partial charge in [0.25, 0.3) is 5.91 Å². The van der Waals surface area contributed by atoms with Crippen molar-refractivity contribution < 1.29 is 9.21 Å². The van der Waals surface area contributed by atoms with E-state index in [9.17, 15) is 9.59 Å². The lowest BCUT2D eigenvalue weighted by Crippen LogP contribution is -2.20. The van der Waals surface area contributed by atoms with Crippen LogP contribution in [0.2, 0.25) is 0 Å². The molecule has 29 heavy (non-hydrogen) atoms. The highest BCUT2D eigenvalue weighted by molar-refractivity contribution is 7.22. The second-order valence-electron chi connectivity index (χ2n) is 7.05. The molecule has 5 aromatic rings. The van der Waals surface area contributed by atoms with E-state index in [0.717, 1.165) is 37.5 Å². The number of fused-ring (bicyclic) bond motifs is 4. The fourth-order valence-electron chi connectivity index (χ4n) is 3.62. The molecule has 1 N–H and O–H groups in total. The monoisotopic (exact) mass is 400 g/mol. The van der Waals surface area contributed by atoms with E-state index >= 15 is 0 Å². The number of nitrogens with one attached hydrogen (secondary N) is 1. The minimum Gasteiger partial charge on any atom is -0.422 e. The molecule has 0 bridgehead atoms. The lowest BCUT2D eigenvalue weighted by atomic mass is 10.0. The third-order valence-corrected chi connectivity index (χ3v) is 6.05. The van der Waals surface area contributed by atoms with Crippen LogP contribution in [0.3, 0.4) is 0 Å². The number of carbonyl (C=O) groups excluding carboxylic acids is 1. The number of benzene rings is 3. The number of rotatable bonds is 2. The van der Waals surface area contributed by atoms with Crippen LogP contribution in [0.1, 0.15) is 21.5 Å². The molecule has 6 heteroatoms. The summed E-state index contributed by atoms with van der Waals surface area (Å²) in [5.41, 5.74) is 2.80. The minimum absolute atomic E-state index is 0.0407. The van der Waals surface area contributed by atoms with Crippen LogP contribution in [0.5, 0.6) is 0 Å². The van der Waals surface area contributed by atoms with Crippen LogP contribution in [0.25, 0.3) is 32.0 Å². The summed E-state index contributed by atoms with van der Waals surface area (Å²) in [5, 5.41) is 5.87. The lowest BCUT2D eigenvalue weighted by Gasteiger charge is -2.05. The molecule has 0 saturated heterocycles. The summed E-state index contributed by atoms with van der Waals surface area (Å²) < 4.78 is 6.44. The van der Waals surface area contributed by atoms with E-state index in [0.29, 0.717) is 10.7 Å². The summed E-state index contributed by atoms with van der Waals surface area (Å²) in [5.74, 6) is -0.526. The van der Waals surface area contributed by atoms with Gasteiger partial charge in [0.1, 0.15) is 11.1 Å². The Morgan fingerprint density at radius 2 is 1.86 bits per heavy atom. The van der Waals surface area contributed by atoms with Gasteiger partial charge in [-0.15, -0.1) is 0 Å². The Balaban J connectivity index is 1.59. The maximum Gasteiger partial charge on any atom is 0.349 e. The molecule has 2 heterocycles. The number of aryl methyl sites for hydroxylation is 2. The molecule has 0 aliphatic carbocycles. The van der Waals surface area contributed by atoms with E-state index in [1.165, 1.54) is 11.3 Å². The van der Waals surface area contributed by atoms with Gasteiger partial charge in [-0.05, 0) is 53.9 Å². The molecule has 5 nitrogen and oxygen atoms in total. The van der Waals surface area contributed by atoms with E-state index in [1.807, 2.05) is 50.2 Å². The lowest BCUT2D eigenvalue weighted by molar-refractivity contribution is 0.102. The van der Waals surface area contributed by atoms with Crippen molar-refractivity contribution in [1.82, 2.24) is 4.98 Å². The number of hydrogen-bond donors (Lipinski definition) is 1. The van der Waals surface area contributed by atoms with Crippen molar-refractivity contribution in [2.24, 2.45) is 0 Å². The summed E-state index contributed by atoms with van der Waals surface area (Å²) in [6.45, 7) is 4.02. The third-order valence-electron chi connectivity index (χ3n) is 4.93. The molecule has 0 spiro atoms. The SMILES string of the molecule is Cc1cc(C)c2sc(NC(=O)c3cc4c(ccc5ccccc54)oc3=O)nc2c1. The molecule has 0 unspecified atom stereocenters. The Morgan fingerprint density at radius 3 is 2.72 bits per heavy atom. The number of carbonyl (C=O) groups is 1. The molecule has 5 rings (SSSR count). The molecule has 0 atom stereocenters. The fourth-order valence-corrected chi connectivity index (χ4v) is 4.53. The first-order valence-corrected chi connectivity index (χ1v) is 9.96. The quantitative estimate of drug-likeness (QED) is 0.317. The molecule has 0 aliphatic rings. The molecule has 1 amide bonds. The van der Waals surface area contributed by atoms with Gasteiger partial charge in [-0.25, -0.2) is 9.78 Å². The van der Waals surface area contributed by atoms with E-state index in [2.05, 4.69) is 16.4 Å². The molecular weight excluding hydrogens is 384 g/mol. The molecule has 0 fully saturated rings. The van der Waals surface area contributed by atoms with Crippen molar-refractivity contribution in [3.05, 3.63) is 81.7 Å². The second-order valence-corrected chi connectivity index (χ2v) is 8.05. The molecule has 3 aromatic carbocycles. The number of thiazole rings is 1. The maximum absolute atomic E-state index is 12.8. The van der Waals surface area contributed by atoms with Crippen LogP contribution in [0.4, 0.5) is 5.13 Å². The van der Waals surface area contributed by atoms with Gasteiger partial charge in [-0.2, -0.15) is 0 Å². The normalized spacial score (nSPS) is 11.4. The average Bonchev–Trinajstić information content (AvgIpc) is 3.09. The van der Waals surface area contributed by atoms with Gasteiger partial charge >= 0.3 is 5.63 Å². The van der Waals surface area contributed by atoms with Crippen molar-refractivity contribution in [1.29, 1.82) is 0 Å². The number of amides is 1. The number of anilines is 1. The summed E-state index contributed by atoms with van der Waals surface area (Å²) in [7, 11) is 0. The van der Waals surface area contributed by atoms with Crippen molar-refractivity contribution in [2.75, 3.05) is 5.32 Å². The summed E-state index contributed by atoms with van der Waals surface area (Å²) in [6.07, 6.45) is 0. The van der Waals surface area contributed by atoms with Gasteiger partial charge in [-0.3, -0.25) is 10.1 Å². The summed E-state index contributed by atoms with van der Waals surface area (Å²) >= 11 is 1.39. The Labute approximate surface area is 169 Å². The Hall–Kier alpha value is -3.51. The first kappa shape index (κ1) is 17.6. The van der Waals surface area contributed by atoms with Gasteiger partial charge in [0.05, 0.1) is 10.2 Å². The highest BCUT2D eigenvalue weighted by Gasteiger charge is 2.17. The summed E-state index contributed by atoms with van der Waals surface area (Å²) in [6, 6.07) is 17.1. The predicted octanol–water partition coefficient (Wildman–Crippen LogP) is 5.43. The zero-order valence-electron chi connectivity index (χ0n) is 15.8. The van der Waals surface area contributed by atoms with E-state index in [1.54, 1.807) is 12.1 Å². The molecule has 142 valence electrons. The van der Waals surface area contributed by atoms with Crippen molar-refractivity contribution in [3.8, 4) is 0 Å². The van der Waals surface area contributed by atoms with Crippen LogP contribution >= 0.6 is 11.3 Å². The van der Waals surface area contributed by atoms with E-state index < -0.39 is 11.5 Å². The number of aromatic nitrogens is 1. The van der Waals surface area contributed by atoms with Crippen molar-refractivity contribution >= 4 is 54.3 Å². The molecule has 0 saturated carbocycles. The van der Waals surface area contributed by atoms with Crippen LogP contribution in [0, 0.1) is 13.8 Å². The minimum atomic E-state index is -0.668. The van der Waals surface area contributed by atoms with Gasteiger partial charge in [-0.1, -0.05) is 47.7 Å². The zero-order chi connectivity index (χ0) is 20.1. The number of nitrogens with zero attached hydrogens (tertiary/aromatic N) is 1. The van der Waals surface area contributed by atoms with Gasteiger partial charge in [0.2, 0.25) is 0 Å². The van der Waals surface area contributed by atoms with Crippen molar-refractivity contribution in [3.63, 3.8) is 0 Å². The van der Waals surface area contributed by atoms with Gasteiger partial charge < -0.3 is 4.42 Å². The highest BCUT2D eigenvalue weighted by Crippen LogP contribution is 2.30. The molecule has 0 aliphatic heterocycles. The number of hydrogen-bond acceptors (Lipinski definition) is 5. The van der Waals surface area contributed by atoms with Crippen LogP contribution in [0.15, 0.2) is 63.8 Å². The Kier molecular flexibility index (Phi) is 3.96. The van der Waals surface area contributed by atoms with Gasteiger partial charge in [0, 0.05) is 5.39 Å². The summed E-state index contributed by atoms with van der Waals surface area (Å²) in [4.78, 5) is 29.8. The average molecular weight is 400 g/mol. The van der Waals surface area contributed by atoms with Crippen molar-refractivity contribution in [2.45, 2.75) is 13.8 Å². The van der Waals surface area contributed by atoms with Crippen LogP contribution in [-0.4, -0.2) is 10.9 Å². The van der Waals surface area contributed by atoms with Crippen LogP contribution in [-0.2, 0) is 0 Å². The largest absolute Gasteiger partial charge is 0.422 e. The first-order valence-electron chi connectivity index (χ1n) is 9.14. The van der Waals surface area contributed by atoms with E-state index in [-0.39, 0.29) is 5.56 Å². The molecular formula is C23H16N2O3S. The first-order chi connectivity index (χ1) is 14.0. The second kappa shape index (κ2) is 6.53. The Morgan fingerprint density at radius 1 is 1.03 bits per heavy atom. The molecule has 2 aromatic heterocycles. The maximum atomic E-state index is 12.8. The fraction of sp³-hybridized carbons (Fsp3) is 0.0870. The molecule has 0 radical (unpaired) electrons.